The summed E-state index contributed by atoms with van der Waals surface area (Å²) in [6.07, 6.45) is 0. The number of hydrogen-bond acceptors (Lipinski definition) is 4. The maximum atomic E-state index is 12.4. The van der Waals surface area contributed by atoms with E-state index in [0.29, 0.717) is 18.1 Å². The van der Waals surface area contributed by atoms with Gasteiger partial charge in [-0.25, -0.2) is 4.79 Å². The van der Waals surface area contributed by atoms with Crippen molar-refractivity contribution in [2.75, 3.05) is 19.9 Å². The maximum Gasteiger partial charge on any atom is 0.335 e. The lowest BCUT2D eigenvalue weighted by Gasteiger charge is -2.17. The lowest BCUT2D eigenvalue weighted by atomic mass is 10.1. The Bertz CT molecular complexity index is 1020. The normalized spacial score (nSPS) is 10.7. The Morgan fingerprint density at radius 1 is 0.966 bits per heavy atom. The minimum atomic E-state index is -0.936. The zero-order valence-corrected chi connectivity index (χ0v) is 17.2. The second kappa shape index (κ2) is 9.47. The number of thioether (sulfide) groups is 1. The van der Waals surface area contributed by atoms with Gasteiger partial charge in [-0.15, -0.1) is 11.8 Å². The molecule has 0 saturated heterocycles. The van der Waals surface area contributed by atoms with Crippen LogP contribution in [0, 0.1) is 0 Å². The van der Waals surface area contributed by atoms with Crippen LogP contribution in [0.3, 0.4) is 0 Å². The summed E-state index contributed by atoms with van der Waals surface area (Å²) in [5.74, 6) is 0.993. The van der Waals surface area contributed by atoms with Gasteiger partial charge in [0.1, 0.15) is 5.75 Å². The minimum absolute atomic E-state index is 0.0620. The van der Waals surface area contributed by atoms with Crippen LogP contribution in [0.25, 0.3) is 10.8 Å². The smallest absolute Gasteiger partial charge is 0.335 e. The van der Waals surface area contributed by atoms with Crippen LogP contribution in [0.15, 0.2) is 60.7 Å². The number of fused-ring (bicyclic) bond motifs is 1. The molecule has 29 heavy (non-hydrogen) atoms. The van der Waals surface area contributed by atoms with E-state index in [0.717, 1.165) is 27.6 Å². The van der Waals surface area contributed by atoms with Crippen LogP contribution in [0.2, 0.25) is 0 Å². The molecule has 0 fully saturated rings. The topological polar surface area (TPSA) is 66.8 Å². The molecule has 0 aliphatic carbocycles. The first kappa shape index (κ1) is 20.7. The highest BCUT2D eigenvalue weighted by Gasteiger charge is 2.10. The molecule has 0 aliphatic rings. The van der Waals surface area contributed by atoms with Crippen molar-refractivity contribution in [3.05, 3.63) is 77.4 Å². The molecule has 6 heteroatoms. The van der Waals surface area contributed by atoms with E-state index in [9.17, 15) is 9.59 Å². The molecule has 0 unspecified atom stereocenters. The lowest BCUT2D eigenvalue weighted by molar-refractivity contribution is -0.127. The number of carbonyl (C=O) groups excluding carboxylic acids is 1. The first-order valence-electron chi connectivity index (χ1n) is 9.17. The summed E-state index contributed by atoms with van der Waals surface area (Å²) in [6, 6.07) is 18.9. The first-order valence-corrected chi connectivity index (χ1v) is 10.3. The van der Waals surface area contributed by atoms with Gasteiger partial charge in [-0.2, -0.15) is 0 Å². The SMILES string of the molecule is COc1ccc2cc(CN(C)C(=O)CSCc3ccc(C(=O)O)cc3)ccc2c1. The average Bonchev–Trinajstić information content (AvgIpc) is 2.73. The van der Waals surface area contributed by atoms with Gasteiger partial charge in [0.2, 0.25) is 5.91 Å². The van der Waals surface area contributed by atoms with Gasteiger partial charge < -0.3 is 14.7 Å². The summed E-state index contributed by atoms with van der Waals surface area (Å²) in [7, 11) is 3.46. The highest BCUT2D eigenvalue weighted by molar-refractivity contribution is 7.99. The van der Waals surface area contributed by atoms with Crippen LogP contribution in [0.1, 0.15) is 21.5 Å². The van der Waals surface area contributed by atoms with Crippen LogP contribution < -0.4 is 4.74 Å². The van der Waals surface area contributed by atoms with Gasteiger partial charge in [-0.3, -0.25) is 4.79 Å². The van der Waals surface area contributed by atoms with E-state index in [1.807, 2.05) is 37.4 Å². The molecule has 0 atom stereocenters. The van der Waals surface area contributed by atoms with Crippen LogP contribution in [0.4, 0.5) is 0 Å². The van der Waals surface area contributed by atoms with E-state index in [2.05, 4.69) is 6.07 Å². The summed E-state index contributed by atoms with van der Waals surface area (Å²) in [4.78, 5) is 25.0. The molecule has 0 spiro atoms. The molecule has 150 valence electrons. The Morgan fingerprint density at radius 2 is 1.62 bits per heavy atom. The number of carboxylic acid groups (broad SMARTS) is 1. The molecule has 0 radical (unpaired) electrons. The van der Waals surface area contributed by atoms with Gasteiger partial charge in [0, 0.05) is 19.3 Å². The van der Waals surface area contributed by atoms with Crippen LogP contribution in [-0.2, 0) is 17.1 Å². The van der Waals surface area contributed by atoms with Gasteiger partial charge in [0.05, 0.1) is 18.4 Å². The van der Waals surface area contributed by atoms with Crippen molar-refractivity contribution in [1.82, 2.24) is 4.90 Å². The Kier molecular flexibility index (Phi) is 6.77. The van der Waals surface area contributed by atoms with Crippen molar-refractivity contribution in [3.8, 4) is 5.75 Å². The molecule has 0 saturated carbocycles. The maximum absolute atomic E-state index is 12.4. The number of benzene rings is 3. The minimum Gasteiger partial charge on any atom is -0.497 e. The van der Waals surface area contributed by atoms with Crippen molar-refractivity contribution >= 4 is 34.4 Å². The number of amides is 1. The summed E-state index contributed by atoms with van der Waals surface area (Å²) in [5.41, 5.74) is 2.34. The second-order valence-corrected chi connectivity index (χ2v) is 7.78. The van der Waals surface area contributed by atoms with Crippen molar-refractivity contribution in [3.63, 3.8) is 0 Å². The number of carbonyl (C=O) groups is 2. The molecule has 1 N–H and O–H groups in total. The van der Waals surface area contributed by atoms with Crippen molar-refractivity contribution in [2.45, 2.75) is 12.3 Å². The number of rotatable bonds is 8. The zero-order chi connectivity index (χ0) is 20.8. The molecule has 0 aliphatic heterocycles. The Morgan fingerprint density at radius 3 is 2.31 bits per heavy atom. The van der Waals surface area contributed by atoms with E-state index < -0.39 is 5.97 Å². The average molecular weight is 410 g/mol. The Hall–Kier alpha value is -2.99. The van der Waals surface area contributed by atoms with Crippen molar-refractivity contribution in [1.29, 1.82) is 0 Å². The molecule has 3 rings (SSSR count). The number of aromatic carboxylic acids is 1. The van der Waals surface area contributed by atoms with Crippen molar-refractivity contribution < 1.29 is 19.4 Å². The standard InChI is InChI=1S/C23H23NO4S/c1-24(13-17-5-8-20-12-21(28-2)10-9-19(20)11-17)22(25)15-29-14-16-3-6-18(7-4-16)23(26)27/h3-12H,13-15H2,1-2H3,(H,26,27). The molecule has 0 aromatic heterocycles. The lowest BCUT2D eigenvalue weighted by Crippen LogP contribution is -2.27. The first-order chi connectivity index (χ1) is 14.0. The van der Waals surface area contributed by atoms with Crippen LogP contribution >= 0.6 is 11.8 Å². The fraction of sp³-hybridized carbons (Fsp3) is 0.217. The van der Waals surface area contributed by atoms with E-state index in [1.54, 1.807) is 36.3 Å². The fourth-order valence-corrected chi connectivity index (χ4v) is 3.90. The van der Waals surface area contributed by atoms with Gasteiger partial charge >= 0.3 is 5.97 Å². The third kappa shape index (κ3) is 5.51. The largest absolute Gasteiger partial charge is 0.497 e. The highest BCUT2D eigenvalue weighted by atomic mass is 32.2. The third-order valence-electron chi connectivity index (χ3n) is 4.65. The molecular formula is C23H23NO4S. The predicted octanol–water partition coefficient (Wildman–Crippen LogP) is 4.44. The van der Waals surface area contributed by atoms with Crippen LogP contribution in [-0.4, -0.2) is 41.8 Å². The zero-order valence-electron chi connectivity index (χ0n) is 16.4. The number of hydrogen-bond donors (Lipinski definition) is 1. The third-order valence-corrected chi connectivity index (χ3v) is 5.64. The highest BCUT2D eigenvalue weighted by Crippen LogP contribution is 2.22. The molecule has 1 amide bonds. The van der Waals surface area contributed by atoms with E-state index in [4.69, 9.17) is 9.84 Å². The quantitative estimate of drug-likeness (QED) is 0.596. The molecule has 3 aromatic carbocycles. The molecule has 3 aromatic rings. The fourth-order valence-electron chi connectivity index (χ4n) is 2.97. The molecule has 5 nitrogen and oxygen atoms in total. The predicted molar refractivity (Wildman–Crippen MR) is 117 cm³/mol. The molecular weight excluding hydrogens is 386 g/mol. The summed E-state index contributed by atoms with van der Waals surface area (Å²) >= 11 is 1.52. The Balaban J connectivity index is 1.52. The van der Waals surface area contributed by atoms with Gasteiger partial charge in [-0.05, 0) is 52.2 Å². The van der Waals surface area contributed by atoms with Gasteiger partial charge in [-0.1, -0.05) is 30.3 Å². The number of nitrogens with zero attached hydrogens (tertiary/aromatic N) is 1. The molecule has 0 heterocycles. The summed E-state index contributed by atoms with van der Waals surface area (Å²) in [5, 5.41) is 11.1. The summed E-state index contributed by atoms with van der Waals surface area (Å²) < 4.78 is 5.25. The van der Waals surface area contributed by atoms with E-state index in [-0.39, 0.29) is 11.5 Å². The Labute approximate surface area is 174 Å². The van der Waals surface area contributed by atoms with Gasteiger partial charge in [0.25, 0.3) is 0 Å². The van der Waals surface area contributed by atoms with Crippen LogP contribution in [0.5, 0.6) is 5.75 Å². The second-order valence-electron chi connectivity index (χ2n) is 6.79. The van der Waals surface area contributed by atoms with Gasteiger partial charge in [0.15, 0.2) is 0 Å². The monoisotopic (exact) mass is 409 g/mol. The van der Waals surface area contributed by atoms with E-state index >= 15 is 0 Å². The number of ether oxygens (including phenoxy) is 1. The summed E-state index contributed by atoms with van der Waals surface area (Å²) in [6.45, 7) is 0.550. The van der Waals surface area contributed by atoms with Crippen molar-refractivity contribution in [2.24, 2.45) is 0 Å². The molecule has 0 bridgehead atoms. The number of methoxy groups -OCH3 is 1. The van der Waals surface area contributed by atoms with E-state index in [1.165, 1.54) is 11.8 Å². The number of carboxylic acids is 1.